The first-order valence-corrected chi connectivity index (χ1v) is 8.84. The Morgan fingerprint density at radius 2 is 1.81 bits per heavy atom. The number of ketones is 1. The lowest BCUT2D eigenvalue weighted by Crippen LogP contribution is -2.27. The molecule has 0 N–H and O–H groups in total. The van der Waals surface area contributed by atoms with Gasteiger partial charge in [-0.25, -0.2) is 8.42 Å². The normalized spacial score (nSPS) is 12.9. The van der Waals surface area contributed by atoms with Gasteiger partial charge in [0.1, 0.15) is 5.25 Å². The van der Waals surface area contributed by atoms with Crippen molar-refractivity contribution in [3.8, 4) is 0 Å². The second kappa shape index (κ2) is 6.30. The summed E-state index contributed by atoms with van der Waals surface area (Å²) in [6.45, 7) is 1.39. The van der Waals surface area contributed by atoms with E-state index < -0.39 is 20.9 Å². The Morgan fingerprint density at radius 3 is 2.43 bits per heavy atom. The second-order valence-electron chi connectivity index (χ2n) is 4.49. The first-order valence-electron chi connectivity index (χ1n) is 6.12. The largest absolute Gasteiger partial charge is 0.293 e. The quantitative estimate of drug-likeness (QED) is 0.741. The van der Waals surface area contributed by atoms with Gasteiger partial charge >= 0.3 is 0 Å². The third-order valence-corrected chi connectivity index (χ3v) is 6.39. The van der Waals surface area contributed by atoms with Gasteiger partial charge in [-0.1, -0.05) is 35.9 Å². The highest BCUT2D eigenvalue weighted by atomic mass is 79.9. The molecule has 1 unspecified atom stereocenters. The average molecular weight is 388 g/mol. The zero-order chi connectivity index (χ0) is 15.6. The van der Waals surface area contributed by atoms with E-state index in [-0.39, 0.29) is 10.5 Å². The molecule has 0 spiro atoms. The molecule has 3 nitrogen and oxygen atoms in total. The molecular formula is C15H12BrClO3S. The molecule has 0 heterocycles. The minimum atomic E-state index is -3.77. The number of Topliss-reactive ketones (excluding diaryl/α,β-unsaturated/α-hetero) is 1. The minimum Gasteiger partial charge on any atom is -0.293 e. The predicted molar refractivity (Wildman–Crippen MR) is 86.6 cm³/mol. The van der Waals surface area contributed by atoms with Gasteiger partial charge in [0, 0.05) is 15.1 Å². The SMILES string of the molecule is CC(C(=O)c1cccc(Cl)c1)S(=O)(=O)c1ccccc1Br. The lowest BCUT2D eigenvalue weighted by atomic mass is 10.1. The van der Waals surface area contributed by atoms with E-state index in [1.54, 1.807) is 36.4 Å². The molecule has 0 aliphatic rings. The Morgan fingerprint density at radius 1 is 1.14 bits per heavy atom. The number of benzene rings is 2. The Hall–Kier alpha value is -1.17. The van der Waals surface area contributed by atoms with Crippen molar-refractivity contribution in [2.24, 2.45) is 0 Å². The molecule has 0 bridgehead atoms. The van der Waals surface area contributed by atoms with E-state index in [1.165, 1.54) is 19.1 Å². The van der Waals surface area contributed by atoms with Crippen LogP contribution >= 0.6 is 27.5 Å². The number of carbonyl (C=O) groups excluding carboxylic acids is 1. The highest BCUT2D eigenvalue weighted by molar-refractivity contribution is 9.10. The van der Waals surface area contributed by atoms with Gasteiger partial charge in [-0.15, -0.1) is 0 Å². The summed E-state index contributed by atoms with van der Waals surface area (Å²) >= 11 is 9.05. The Bertz CT molecular complexity index is 787. The van der Waals surface area contributed by atoms with Gasteiger partial charge < -0.3 is 0 Å². The summed E-state index contributed by atoms with van der Waals surface area (Å²) in [6, 6.07) is 12.7. The van der Waals surface area contributed by atoms with Crippen LogP contribution in [0.1, 0.15) is 17.3 Å². The van der Waals surface area contributed by atoms with Crippen molar-refractivity contribution >= 4 is 43.2 Å². The zero-order valence-corrected chi connectivity index (χ0v) is 14.2. The van der Waals surface area contributed by atoms with Gasteiger partial charge in [0.15, 0.2) is 15.6 Å². The molecule has 0 aliphatic heterocycles. The molecule has 0 aliphatic carbocycles. The predicted octanol–water partition coefficient (Wildman–Crippen LogP) is 4.15. The Labute approximate surface area is 137 Å². The maximum atomic E-state index is 12.6. The monoisotopic (exact) mass is 386 g/mol. The molecule has 21 heavy (non-hydrogen) atoms. The number of rotatable bonds is 4. The molecule has 2 aromatic carbocycles. The van der Waals surface area contributed by atoms with E-state index in [2.05, 4.69) is 15.9 Å². The molecule has 1 atom stereocenters. The van der Waals surface area contributed by atoms with Crippen LogP contribution in [0.3, 0.4) is 0 Å². The first-order chi connectivity index (χ1) is 9.84. The Kier molecular flexibility index (Phi) is 4.86. The topological polar surface area (TPSA) is 51.2 Å². The van der Waals surface area contributed by atoms with Crippen LogP contribution in [0.2, 0.25) is 5.02 Å². The molecule has 2 aromatic rings. The van der Waals surface area contributed by atoms with E-state index in [0.717, 1.165) is 0 Å². The van der Waals surface area contributed by atoms with Crippen molar-refractivity contribution in [2.75, 3.05) is 0 Å². The Balaban J connectivity index is 2.42. The smallest absolute Gasteiger partial charge is 0.189 e. The molecule has 110 valence electrons. The minimum absolute atomic E-state index is 0.105. The highest BCUT2D eigenvalue weighted by Crippen LogP contribution is 2.26. The number of carbonyl (C=O) groups is 1. The number of hydrogen-bond donors (Lipinski definition) is 0. The molecule has 0 fully saturated rings. The summed E-state index contributed by atoms with van der Waals surface area (Å²) in [6.07, 6.45) is 0. The van der Waals surface area contributed by atoms with E-state index in [0.29, 0.717) is 9.50 Å². The summed E-state index contributed by atoms with van der Waals surface area (Å²) in [4.78, 5) is 12.5. The van der Waals surface area contributed by atoms with Crippen molar-refractivity contribution in [3.63, 3.8) is 0 Å². The fraction of sp³-hybridized carbons (Fsp3) is 0.133. The van der Waals surface area contributed by atoms with Crippen molar-refractivity contribution in [1.29, 1.82) is 0 Å². The summed E-state index contributed by atoms with van der Waals surface area (Å²) < 4.78 is 25.6. The number of hydrogen-bond acceptors (Lipinski definition) is 3. The van der Waals surface area contributed by atoms with Gasteiger partial charge in [-0.3, -0.25) is 4.79 Å². The van der Waals surface area contributed by atoms with Crippen molar-refractivity contribution in [3.05, 3.63) is 63.6 Å². The number of halogens is 2. The third kappa shape index (κ3) is 3.36. The lowest BCUT2D eigenvalue weighted by Gasteiger charge is -2.13. The van der Waals surface area contributed by atoms with E-state index in [1.807, 2.05) is 0 Å². The van der Waals surface area contributed by atoms with Gasteiger partial charge in [0.25, 0.3) is 0 Å². The van der Waals surface area contributed by atoms with Crippen molar-refractivity contribution < 1.29 is 13.2 Å². The van der Waals surface area contributed by atoms with Crippen LogP contribution in [0.25, 0.3) is 0 Å². The standard InChI is InChI=1S/C15H12BrClO3S/c1-10(15(18)11-5-4-6-12(17)9-11)21(19,20)14-8-3-2-7-13(14)16/h2-10H,1H3. The van der Waals surface area contributed by atoms with Crippen molar-refractivity contribution in [2.45, 2.75) is 17.1 Å². The van der Waals surface area contributed by atoms with E-state index in [9.17, 15) is 13.2 Å². The summed E-state index contributed by atoms with van der Waals surface area (Å²) in [7, 11) is -3.77. The third-order valence-electron chi connectivity index (χ3n) is 3.09. The van der Waals surface area contributed by atoms with Crippen LogP contribution in [-0.4, -0.2) is 19.5 Å². The fourth-order valence-corrected chi connectivity index (χ4v) is 4.44. The molecule has 0 saturated carbocycles. The summed E-state index contributed by atoms with van der Waals surface area (Å²) in [5.41, 5.74) is 0.283. The molecule has 0 amide bonds. The highest BCUT2D eigenvalue weighted by Gasteiger charge is 2.31. The van der Waals surface area contributed by atoms with Crippen LogP contribution in [0.5, 0.6) is 0 Å². The van der Waals surface area contributed by atoms with Gasteiger partial charge in [0.05, 0.1) is 4.90 Å². The van der Waals surface area contributed by atoms with E-state index >= 15 is 0 Å². The lowest BCUT2D eigenvalue weighted by molar-refractivity contribution is 0.0991. The summed E-state index contributed by atoms with van der Waals surface area (Å²) in [5.74, 6) is -0.478. The van der Waals surface area contributed by atoms with Crippen LogP contribution < -0.4 is 0 Å². The summed E-state index contributed by atoms with van der Waals surface area (Å²) in [5, 5.41) is -0.791. The molecule has 2 rings (SSSR count). The van der Waals surface area contributed by atoms with Gasteiger partial charge in [0.2, 0.25) is 0 Å². The zero-order valence-electron chi connectivity index (χ0n) is 11.1. The maximum absolute atomic E-state index is 12.6. The van der Waals surface area contributed by atoms with E-state index in [4.69, 9.17) is 11.6 Å². The number of sulfone groups is 1. The van der Waals surface area contributed by atoms with Gasteiger partial charge in [-0.2, -0.15) is 0 Å². The van der Waals surface area contributed by atoms with Crippen LogP contribution in [0.4, 0.5) is 0 Å². The molecule has 0 saturated heterocycles. The van der Waals surface area contributed by atoms with Crippen molar-refractivity contribution in [1.82, 2.24) is 0 Å². The maximum Gasteiger partial charge on any atom is 0.189 e. The van der Waals surface area contributed by atoms with Crippen LogP contribution in [0.15, 0.2) is 57.9 Å². The average Bonchev–Trinajstić information content (AvgIpc) is 2.46. The van der Waals surface area contributed by atoms with Gasteiger partial charge in [-0.05, 0) is 47.1 Å². The fourth-order valence-electron chi connectivity index (χ4n) is 1.88. The molecular weight excluding hydrogens is 376 g/mol. The molecule has 0 radical (unpaired) electrons. The van der Waals surface area contributed by atoms with Crippen LogP contribution in [0, 0.1) is 0 Å². The molecule has 6 heteroatoms. The van der Waals surface area contributed by atoms with Crippen LogP contribution in [-0.2, 0) is 9.84 Å². The first kappa shape index (κ1) is 16.2. The second-order valence-corrected chi connectivity index (χ2v) is 8.02. The molecule has 0 aromatic heterocycles.